The van der Waals surface area contributed by atoms with Crippen LogP contribution in [-0.2, 0) is 33.3 Å². The number of rotatable bonds is 11. The summed E-state index contributed by atoms with van der Waals surface area (Å²) in [6, 6.07) is -1.07. The van der Waals surface area contributed by atoms with Crippen LogP contribution in [0.1, 0.15) is 13.8 Å². The maximum absolute atomic E-state index is 13.4. The van der Waals surface area contributed by atoms with Gasteiger partial charge in [-0.3, -0.25) is 14.4 Å². The summed E-state index contributed by atoms with van der Waals surface area (Å²) in [5.74, 6) is -1.46. The molecule has 1 saturated carbocycles. The molecule has 0 bridgehead atoms. The number of hydrogen-bond acceptors (Lipinski definition) is 14. The molecule has 0 spiro atoms. The minimum Gasteiger partial charge on any atom is -0.394 e. The topological polar surface area (TPSA) is 226 Å². The SMILES string of the molecule is CO[C@@H]1OC(CO)[C@@H](O)C(O[C@@H]2OC(C(=O)NCN3CC=C3C(=O)CN3CC=C3N)C3(C)C(O)C3C2O)C1NC(C)=O. The van der Waals surface area contributed by atoms with Gasteiger partial charge in [0, 0.05) is 38.5 Å². The number of ether oxygens (including phenoxy) is 4. The number of hydrogen-bond donors (Lipinski definition) is 7. The Hall–Kier alpha value is -2.83. The fourth-order valence-corrected chi connectivity index (χ4v) is 6.14. The highest BCUT2D eigenvalue weighted by atomic mass is 16.7. The summed E-state index contributed by atoms with van der Waals surface area (Å²) < 4.78 is 22.8. The number of methoxy groups -OCH3 is 1. The molecule has 4 heterocycles. The summed E-state index contributed by atoms with van der Waals surface area (Å²) in [5.41, 5.74) is 5.09. The molecule has 11 atom stereocenters. The third-order valence-corrected chi connectivity index (χ3v) is 8.85. The van der Waals surface area contributed by atoms with Crippen LogP contribution in [0.4, 0.5) is 0 Å². The van der Waals surface area contributed by atoms with E-state index >= 15 is 0 Å². The van der Waals surface area contributed by atoms with Crippen LogP contribution >= 0.6 is 0 Å². The third-order valence-electron chi connectivity index (χ3n) is 8.85. The van der Waals surface area contributed by atoms with E-state index in [0.29, 0.717) is 24.6 Å². The number of nitrogens with two attached hydrogens (primary N) is 1. The molecule has 16 nitrogen and oxygen atoms in total. The first-order chi connectivity index (χ1) is 19.9. The molecule has 4 aliphatic heterocycles. The van der Waals surface area contributed by atoms with Crippen molar-refractivity contribution in [1.82, 2.24) is 20.4 Å². The van der Waals surface area contributed by atoms with Gasteiger partial charge in [0.15, 0.2) is 18.4 Å². The zero-order chi connectivity index (χ0) is 30.5. The van der Waals surface area contributed by atoms with Gasteiger partial charge in [-0.2, -0.15) is 0 Å². The monoisotopic (exact) mass is 597 g/mol. The van der Waals surface area contributed by atoms with Crippen LogP contribution in [-0.4, -0.2) is 143 Å². The molecule has 0 aromatic carbocycles. The molecular formula is C26H39N5O11. The van der Waals surface area contributed by atoms with Gasteiger partial charge >= 0.3 is 0 Å². The Bertz CT molecular complexity index is 1150. The number of fused-ring (bicyclic) bond motifs is 1. The summed E-state index contributed by atoms with van der Waals surface area (Å²) in [7, 11) is 1.31. The highest BCUT2D eigenvalue weighted by Gasteiger charge is 2.74. The van der Waals surface area contributed by atoms with Crippen LogP contribution in [0.5, 0.6) is 0 Å². The van der Waals surface area contributed by atoms with Crippen LogP contribution in [0.15, 0.2) is 23.7 Å². The molecule has 3 fully saturated rings. The summed E-state index contributed by atoms with van der Waals surface area (Å²) in [4.78, 5) is 41.3. The Morgan fingerprint density at radius 3 is 2.38 bits per heavy atom. The van der Waals surface area contributed by atoms with Crippen molar-refractivity contribution in [2.45, 2.75) is 69.1 Å². The third kappa shape index (κ3) is 5.26. The van der Waals surface area contributed by atoms with E-state index in [2.05, 4.69) is 10.6 Å². The number of ketones is 1. The van der Waals surface area contributed by atoms with Crippen LogP contribution in [0.3, 0.4) is 0 Å². The zero-order valence-corrected chi connectivity index (χ0v) is 23.6. The number of aliphatic hydroxyl groups is 4. The smallest absolute Gasteiger partial charge is 0.251 e. The lowest BCUT2D eigenvalue weighted by Gasteiger charge is -2.46. The normalized spacial score (nSPS) is 40.5. The fraction of sp³-hybridized carbons (Fsp3) is 0.731. The van der Waals surface area contributed by atoms with Gasteiger partial charge in [-0.25, -0.2) is 0 Å². The van der Waals surface area contributed by atoms with E-state index in [1.807, 2.05) is 6.08 Å². The average molecular weight is 598 g/mol. The Labute approximate surface area is 242 Å². The van der Waals surface area contributed by atoms with E-state index < -0.39 is 85.0 Å². The first kappa shape index (κ1) is 30.6. The minimum absolute atomic E-state index is 0.00346. The number of carbonyl (C=O) groups is 3. The molecular weight excluding hydrogens is 558 g/mol. The summed E-state index contributed by atoms with van der Waals surface area (Å²) in [6.07, 6.45) is -6.70. The van der Waals surface area contributed by atoms with Gasteiger partial charge in [-0.1, -0.05) is 6.92 Å². The Morgan fingerprint density at radius 2 is 1.83 bits per heavy atom. The Kier molecular flexibility index (Phi) is 8.52. The Morgan fingerprint density at radius 1 is 1.12 bits per heavy atom. The highest BCUT2D eigenvalue weighted by molar-refractivity contribution is 5.97. The van der Waals surface area contributed by atoms with E-state index in [9.17, 15) is 34.8 Å². The van der Waals surface area contributed by atoms with Crippen LogP contribution in [0.25, 0.3) is 0 Å². The zero-order valence-electron chi connectivity index (χ0n) is 23.6. The predicted molar refractivity (Wildman–Crippen MR) is 140 cm³/mol. The second-order valence-electron chi connectivity index (χ2n) is 11.4. The van der Waals surface area contributed by atoms with Gasteiger partial charge in [0.1, 0.15) is 36.6 Å². The molecule has 5 aliphatic rings. The molecule has 1 aliphatic carbocycles. The van der Waals surface area contributed by atoms with Crippen LogP contribution < -0.4 is 16.4 Å². The van der Waals surface area contributed by atoms with Gasteiger partial charge in [-0.15, -0.1) is 0 Å². The molecule has 2 saturated heterocycles. The highest BCUT2D eigenvalue weighted by Crippen LogP contribution is 2.61. The fourth-order valence-electron chi connectivity index (χ4n) is 6.14. The maximum atomic E-state index is 13.4. The van der Waals surface area contributed by atoms with E-state index in [1.165, 1.54) is 14.0 Å². The largest absolute Gasteiger partial charge is 0.394 e. The Balaban J connectivity index is 1.25. The van der Waals surface area contributed by atoms with Crippen molar-refractivity contribution in [3.05, 3.63) is 23.7 Å². The van der Waals surface area contributed by atoms with E-state index in [0.717, 1.165) is 0 Å². The van der Waals surface area contributed by atoms with Crippen LogP contribution in [0.2, 0.25) is 0 Å². The predicted octanol–water partition coefficient (Wildman–Crippen LogP) is -4.36. The first-order valence-corrected chi connectivity index (χ1v) is 13.8. The van der Waals surface area contributed by atoms with Gasteiger partial charge in [0.05, 0.1) is 37.4 Å². The number of nitrogens with one attached hydrogen (secondary N) is 2. The molecule has 0 aromatic rings. The number of nitrogens with zero attached hydrogens (tertiary/aromatic N) is 2. The molecule has 5 rings (SSSR count). The van der Waals surface area contributed by atoms with E-state index in [1.54, 1.807) is 22.8 Å². The average Bonchev–Trinajstić information content (AvgIpc) is 3.50. The second kappa shape index (κ2) is 11.7. The molecule has 0 radical (unpaired) electrons. The first-order valence-electron chi connectivity index (χ1n) is 13.8. The van der Waals surface area contributed by atoms with Gasteiger partial charge in [0.2, 0.25) is 5.91 Å². The van der Waals surface area contributed by atoms with Crippen molar-refractivity contribution in [2.24, 2.45) is 17.1 Å². The maximum Gasteiger partial charge on any atom is 0.251 e. The molecule has 0 aromatic heterocycles. The van der Waals surface area contributed by atoms with Crippen molar-refractivity contribution in [1.29, 1.82) is 0 Å². The van der Waals surface area contributed by atoms with Gasteiger partial charge < -0.3 is 65.5 Å². The molecule has 16 heteroatoms. The molecule has 8 N–H and O–H groups in total. The minimum atomic E-state index is -1.50. The molecule has 2 amide bonds. The van der Waals surface area contributed by atoms with E-state index in [-0.39, 0.29) is 19.0 Å². The number of aliphatic hydroxyl groups excluding tert-OH is 4. The van der Waals surface area contributed by atoms with Crippen molar-refractivity contribution in [3.8, 4) is 0 Å². The summed E-state index contributed by atoms with van der Waals surface area (Å²) >= 11 is 0. The van der Waals surface area contributed by atoms with Crippen molar-refractivity contribution >= 4 is 17.6 Å². The van der Waals surface area contributed by atoms with Gasteiger partial charge in [-0.05, 0) is 12.2 Å². The molecule has 42 heavy (non-hydrogen) atoms. The number of carbonyl (C=O) groups excluding carboxylic acids is 3. The van der Waals surface area contributed by atoms with E-state index in [4.69, 9.17) is 24.7 Å². The number of Topliss-reactive ketones (excluding diaryl/α,β-unsaturated/α-hetero) is 1. The summed E-state index contributed by atoms with van der Waals surface area (Å²) in [6.45, 7) is 3.45. The standard InChI is InChI=1S/C26H39N5O11/c1-11(33)29-17-20(18(35)14(9-32)40-24(17)39-3)41-25-19(36)16-21(37)26(16,2)22(42-25)23(38)28-10-31-6-4-12(31)13(34)8-30-7-5-15(30)27/h4-5,14,16-22,24-25,32,35-37H,6-10,27H2,1-3H3,(H,28,38)(H,29,33)/t14?,16?,17?,18-,19?,20?,21?,22?,24-,25-,26?/m1/s1. The molecule has 234 valence electrons. The van der Waals surface area contributed by atoms with Gasteiger partial charge in [0.25, 0.3) is 5.91 Å². The van der Waals surface area contributed by atoms with Crippen molar-refractivity contribution < 1.29 is 53.8 Å². The number of amides is 2. The van der Waals surface area contributed by atoms with Crippen molar-refractivity contribution in [3.63, 3.8) is 0 Å². The van der Waals surface area contributed by atoms with Crippen LogP contribution in [0, 0.1) is 11.3 Å². The second-order valence-corrected chi connectivity index (χ2v) is 11.4. The molecule has 8 unspecified atom stereocenters. The lowest BCUT2D eigenvalue weighted by molar-refractivity contribution is -0.321. The summed E-state index contributed by atoms with van der Waals surface area (Å²) in [5, 5.41) is 47.7. The lowest BCUT2D eigenvalue weighted by atomic mass is 9.91. The quantitative estimate of drug-likeness (QED) is 0.120. The lowest BCUT2D eigenvalue weighted by Crippen LogP contribution is -2.67. The van der Waals surface area contributed by atoms with Crippen molar-refractivity contribution in [2.75, 3.05) is 40.0 Å².